The van der Waals surface area contributed by atoms with E-state index in [1.165, 1.54) is 0 Å². The lowest BCUT2D eigenvalue weighted by Crippen LogP contribution is -3.00. The van der Waals surface area contributed by atoms with Crippen LogP contribution < -0.4 is 12.4 Å². The predicted octanol–water partition coefficient (Wildman–Crippen LogP) is -4.92. The van der Waals surface area contributed by atoms with Crippen LogP contribution >= 0.6 is 0 Å². The Hall–Kier alpha value is -2.15. The van der Waals surface area contributed by atoms with Gasteiger partial charge in [0.05, 0.1) is 19.3 Å². The van der Waals surface area contributed by atoms with Crippen LogP contribution in [0.2, 0.25) is 0 Å². The molecule has 3 aliphatic heterocycles. The zero-order chi connectivity index (χ0) is 20.3. The smallest absolute Gasteiger partial charge is 0.356 e. The lowest BCUT2D eigenvalue weighted by atomic mass is 10.3. The average molecular weight is 435 g/mol. The van der Waals surface area contributed by atoms with Gasteiger partial charge in [0.2, 0.25) is 0 Å². The molecule has 0 spiro atoms. The molecule has 3 aliphatic rings. The highest BCUT2D eigenvalue weighted by Gasteiger charge is 2.44. The van der Waals surface area contributed by atoms with E-state index in [0.717, 1.165) is 5.96 Å². The van der Waals surface area contributed by atoms with Crippen molar-refractivity contribution in [3.8, 4) is 0 Å². The molecule has 12 nitrogen and oxygen atoms in total. The summed E-state index contributed by atoms with van der Waals surface area (Å²) < 4.78 is 2.13. The number of hydrogen-bond acceptors (Lipinski definition) is 8. The number of carbonyl (C=O) groups is 3. The molecule has 0 radical (unpaired) electrons. The predicted molar refractivity (Wildman–Crippen MR) is 95.0 cm³/mol. The fourth-order valence-corrected chi connectivity index (χ4v) is 3.88. The molecule has 0 aromatic heterocycles. The van der Waals surface area contributed by atoms with Gasteiger partial charge in [-0.2, -0.15) is 0 Å². The Kier molecular flexibility index (Phi) is 8.02. The zero-order valence-electron chi connectivity index (χ0n) is 16.1. The number of halogens is 1. The third-order valence-corrected chi connectivity index (χ3v) is 5.00. The first-order valence-electron chi connectivity index (χ1n) is 9.26. The SMILES string of the molecule is O=C(O)CCN1CN2CN(CCC(=O)O)C[N+]3=C2N(C1)CN(CCC(=O)O)C3.[Cl-]. The summed E-state index contributed by atoms with van der Waals surface area (Å²) in [6.45, 7) is 4.72. The van der Waals surface area contributed by atoms with Crippen molar-refractivity contribution in [2.75, 3.05) is 59.6 Å². The van der Waals surface area contributed by atoms with Crippen molar-refractivity contribution in [2.45, 2.75) is 19.3 Å². The standard InChI is InChI=1S/C16H26N6O6.ClH/c23-13(24)1-4-17-7-20-9-18(5-2-14(25)26)11-22-12-19(6-3-15(27)28)10-21(8-17)16(20)22;/h1-12H2,(H2-,23,24,25,26,27,28);1H. The summed E-state index contributed by atoms with van der Waals surface area (Å²) in [5.74, 6) is -1.50. The van der Waals surface area contributed by atoms with E-state index in [1.807, 2.05) is 14.7 Å². The van der Waals surface area contributed by atoms with Crippen LogP contribution in [0.25, 0.3) is 0 Å². The Balaban J connectivity index is 0.00000300. The maximum Gasteiger partial charge on any atom is 0.356 e. The molecule has 0 aromatic carbocycles. The van der Waals surface area contributed by atoms with E-state index in [-0.39, 0.29) is 31.7 Å². The van der Waals surface area contributed by atoms with Gasteiger partial charge >= 0.3 is 23.9 Å². The van der Waals surface area contributed by atoms with Gasteiger partial charge in [0.1, 0.15) is 40.0 Å². The highest BCUT2D eigenvalue weighted by molar-refractivity contribution is 5.76. The Labute approximate surface area is 174 Å². The van der Waals surface area contributed by atoms with Crippen molar-refractivity contribution in [3.63, 3.8) is 0 Å². The fourth-order valence-electron chi connectivity index (χ4n) is 3.88. The number of guanidine groups is 1. The molecule has 0 aromatic rings. The van der Waals surface area contributed by atoms with Crippen molar-refractivity contribution >= 4 is 23.9 Å². The van der Waals surface area contributed by atoms with Gasteiger partial charge in [-0.1, -0.05) is 0 Å². The summed E-state index contributed by atoms with van der Waals surface area (Å²) in [5, 5.41) is 27.0. The van der Waals surface area contributed by atoms with Crippen LogP contribution in [0.1, 0.15) is 19.3 Å². The molecule has 0 amide bonds. The van der Waals surface area contributed by atoms with Gasteiger partial charge < -0.3 is 27.7 Å². The number of hydrogen-bond donors (Lipinski definition) is 3. The van der Waals surface area contributed by atoms with Gasteiger partial charge in [0.25, 0.3) is 0 Å². The van der Waals surface area contributed by atoms with Crippen LogP contribution in [-0.2, 0) is 14.4 Å². The number of carboxylic acids is 3. The van der Waals surface area contributed by atoms with E-state index >= 15 is 0 Å². The van der Waals surface area contributed by atoms with E-state index in [9.17, 15) is 14.4 Å². The normalized spacial score (nSPS) is 20.3. The summed E-state index contributed by atoms with van der Waals surface area (Å²) in [7, 11) is 0. The number of aliphatic carboxylic acids is 3. The van der Waals surface area contributed by atoms with Crippen LogP contribution in [-0.4, -0.2) is 128 Å². The largest absolute Gasteiger partial charge is 1.00 e. The summed E-state index contributed by atoms with van der Waals surface area (Å²) in [6, 6.07) is 0. The number of carboxylic acid groups (broad SMARTS) is 3. The van der Waals surface area contributed by atoms with E-state index < -0.39 is 17.9 Å². The van der Waals surface area contributed by atoms with Crippen LogP contribution in [0.3, 0.4) is 0 Å². The first-order chi connectivity index (χ1) is 13.3. The second-order valence-electron chi connectivity index (χ2n) is 7.38. The van der Waals surface area contributed by atoms with Crippen molar-refractivity contribution in [3.05, 3.63) is 0 Å². The van der Waals surface area contributed by atoms with Crippen molar-refractivity contribution < 1.29 is 46.7 Å². The van der Waals surface area contributed by atoms with Gasteiger partial charge in [-0.15, -0.1) is 0 Å². The molecule has 0 unspecified atom stereocenters. The third kappa shape index (κ3) is 6.16. The van der Waals surface area contributed by atoms with Crippen molar-refractivity contribution in [2.24, 2.45) is 0 Å². The molecular weight excluding hydrogens is 408 g/mol. The maximum atomic E-state index is 10.9. The number of rotatable bonds is 9. The molecule has 3 rings (SSSR count). The lowest BCUT2D eigenvalue weighted by molar-refractivity contribution is -0.596. The molecule has 1 fully saturated rings. The summed E-state index contributed by atoms with van der Waals surface area (Å²) in [6.07, 6.45) is 0.143. The van der Waals surface area contributed by atoms with Crippen LogP contribution in [0, 0.1) is 0 Å². The zero-order valence-corrected chi connectivity index (χ0v) is 16.9. The topological polar surface area (TPSA) is 131 Å². The van der Waals surface area contributed by atoms with E-state index in [0.29, 0.717) is 59.6 Å². The summed E-state index contributed by atoms with van der Waals surface area (Å²) >= 11 is 0. The van der Waals surface area contributed by atoms with Gasteiger partial charge in [-0.05, 0) is 0 Å². The molecule has 3 heterocycles. The Morgan fingerprint density at radius 3 is 1.41 bits per heavy atom. The molecular formula is C16H27ClN6O6. The van der Waals surface area contributed by atoms with Gasteiger partial charge in [-0.25, -0.2) is 29.1 Å². The molecule has 0 aliphatic carbocycles. The van der Waals surface area contributed by atoms with E-state index in [2.05, 4.69) is 14.4 Å². The lowest BCUT2D eigenvalue weighted by Gasteiger charge is -2.48. The minimum Gasteiger partial charge on any atom is -1.00 e. The Bertz CT molecular complexity index is 632. The molecule has 1 saturated heterocycles. The van der Waals surface area contributed by atoms with E-state index in [1.54, 1.807) is 0 Å². The highest BCUT2D eigenvalue weighted by Crippen LogP contribution is 2.20. The Morgan fingerprint density at radius 1 is 0.690 bits per heavy atom. The molecule has 13 heteroatoms. The summed E-state index contributed by atoms with van der Waals surface area (Å²) in [4.78, 5) is 43.2. The second kappa shape index (κ2) is 10.1. The first-order valence-corrected chi connectivity index (χ1v) is 9.26. The Morgan fingerprint density at radius 2 is 1.03 bits per heavy atom. The third-order valence-electron chi connectivity index (χ3n) is 5.00. The van der Waals surface area contributed by atoms with Gasteiger partial charge in [0.15, 0.2) is 0 Å². The van der Waals surface area contributed by atoms with Crippen molar-refractivity contribution in [1.82, 2.24) is 24.5 Å². The monoisotopic (exact) mass is 434 g/mol. The molecule has 164 valence electrons. The quantitative estimate of drug-likeness (QED) is 0.302. The highest BCUT2D eigenvalue weighted by atomic mass is 35.5. The minimum absolute atomic E-state index is 0. The molecule has 29 heavy (non-hydrogen) atoms. The minimum atomic E-state index is -0.847. The molecule has 0 saturated carbocycles. The first kappa shape index (κ1) is 23.1. The molecule has 3 N–H and O–H groups in total. The van der Waals surface area contributed by atoms with Crippen LogP contribution in [0.4, 0.5) is 0 Å². The fraction of sp³-hybridized carbons (Fsp3) is 0.750. The second-order valence-corrected chi connectivity index (χ2v) is 7.38. The van der Waals surface area contributed by atoms with Crippen LogP contribution in [0.5, 0.6) is 0 Å². The van der Waals surface area contributed by atoms with Crippen molar-refractivity contribution in [1.29, 1.82) is 0 Å². The van der Waals surface area contributed by atoms with Gasteiger partial charge in [0, 0.05) is 19.6 Å². The average Bonchev–Trinajstić information content (AvgIpc) is 2.62. The van der Waals surface area contributed by atoms with Crippen LogP contribution in [0.15, 0.2) is 0 Å². The van der Waals surface area contributed by atoms with Gasteiger partial charge in [-0.3, -0.25) is 14.4 Å². The molecule has 0 bridgehead atoms. The maximum absolute atomic E-state index is 10.9. The molecule has 0 atom stereocenters. The number of nitrogens with zero attached hydrogens (tertiary/aromatic N) is 6. The van der Waals surface area contributed by atoms with E-state index in [4.69, 9.17) is 15.3 Å². The summed E-state index contributed by atoms with van der Waals surface area (Å²) in [5.41, 5.74) is 0.